The van der Waals surface area contributed by atoms with Gasteiger partial charge in [-0.1, -0.05) is 66.7 Å². The summed E-state index contributed by atoms with van der Waals surface area (Å²) >= 11 is 0. The van der Waals surface area contributed by atoms with Gasteiger partial charge in [-0.05, 0) is 24.5 Å². The van der Waals surface area contributed by atoms with E-state index in [9.17, 15) is 24.0 Å². The van der Waals surface area contributed by atoms with Gasteiger partial charge >= 0.3 is 5.97 Å². The minimum absolute atomic E-state index is 0.00619. The number of nitrogens with one attached hydrogen (secondary N) is 2. The first-order valence-electron chi connectivity index (χ1n) is 14.7. The van der Waals surface area contributed by atoms with Crippen molar-refractivity contribution in [2.45, 2.75) is 51.8 Å². The molecule has 2 aromatic heterocycles. The molecule has 4 aromatic rings. The number of esters is 1. The van der Waals surface area contributed by atoms with Crippen LogP contribution in [0.25, 0.3) is 11.4 Å². The van der Waals surface area contributed by atoms with Crippen LogP contribution >= 0.6 is 0 Å². The zero-order valence-electron chi connectivity index (χ0n) is 25.5. The van der Waals surface area contributed by atoms with Crippen molar-refractivity contribution in [1.82, 2.24) is 19.9 Å². The number of ether oxygens (including phenoxy) is 2. The molecule has 0 saturated heterocycles. The largest absolute Gasteiger partial charge is 0.478 e. The minimum Gasteiger partial charge on any atom is -0.478 e. The number of carbonyl (C=O) groups is 4. The summed E-state index contributed by atoms with van der Waals surface area (Å²) in [6.07, 6.45) is 2.00. The summed E-state index contributed by atoms with van der Waals surface area (Å²) in [6, 6.07) is 22.2. The van der Waals surface area contributed by atoms with E-state index in [1.165, 1.54) is 20.0 Å². The summed E-state index contributed by atoms with van der Waals surface area (Å²) in [5.41, 5.74) is 0.622. The molecule has 0 spiro atoms. The van der Waals surface area contributed by atoms with Gasteiger partial charge in [-0.15, -0.1) is 0 Å². The predicted octanol–water partition coefficient (Wildman–Crippen LogP) is 3.35. The minimum atomic E-state index is -1.31. The number of aromatic nitrogens is 3. The van der Waals surface area contributed by atoms with Crippen LogP contribution in [0, 0.1) is 0 Å². The fourth-order valence-electron chi connectivity index (χ4n) is 4.78. The van der Waals surface area contributed by atoms with E-state index < -0.39 is 47.8 Å². The van der Waals surface area contributed by atoms with Crippen molar-refractivity contribution < 1.29 is 28.7 Å². The Morgan fingerprint density at radius 2 is 1.59 bits per heavy atom. The van der Waals surface area contributed by atoms with Crippen LogP contribution in [0.15, 0.2) is 96.1 Å². The number of hydrogen-bond donors (Lipinski definition) is 2. The van der Waals surface area contributed by atoms with Crippen LogP contribution in [0.2, 0.25) is 0 Å². The highest BCUT2D eigenvalue weighted by atomic mass is 16.5. The first kappa shape index (κ1) is 33.2. The van der Waals surface area contributed by atoms with E-state index >= 15 is 0 Å². The fourth-order valence-corrected chi connectivity index (χ4v) is 4.78. The van der Waals surface area contributed by atoms with E-state index in [1.807, 2.05) is 30.3 Å². The van der Waals surface area contributed by atoms with Gasteiger partial charge in [0, 0.05) is 38.1 Å². The van der Waals surface area contributed by atoms with Crippen molar-refractivity contribution in [2.75, 3.05) is 11.9 Å². The predicted molar refractivity (Wildman–Crippen MR) is 170 cm³/mol. The average Bonchev–Trinajstić information content (AvgIpc) is 3.04. The normalized spacial score (nSPS) is 12.0. The number of nitrogens with zero attached hydrogens (tertiary/aromatic N) is 3. The maximum Gasteiger partial charge on any atom is 0.303 e. The highest BCUT2D eigenvalue weighted by Gasteiger charge is 2.32. The topological polar surface area (TPSA) is 159 Å². The van der Waals surface area contributed by atoms with Crippen LogP contribution in [0.4, 0.5) is 5.69 Å². The van der Waals surface area contributed by atoms with E-state index in [4.69, 9.17) is 9.47 Å². The number of amides is 2. The third kappa shape index (κ3) is 9.68. The maximum absolute atomic E-state index is 13.6. The van der Waals surface area contributed by atoms with Crippen LogP contribution in [0.5, 0.6) is 5.88 Å². The maximum atomic E-state index is 13.6. The number of ketones is 1. The van der Waals surface area contributed by atoms with Crippen LogP contribution < -0.4 is 20.9 Å². The second kappa shape index (κ2) is 16.4. The Labute approximate surface area is 265 Å². The molecule has 0 fully saturated rings. The number of Topliss-reactive ketones (excluding diaryl/α,β-unsaturated/α-hetero) is 1. The lowest BCUT2D eigenvalue weighted by atomic mass is 9.96. The Bertz CT molecular complexity index is 1700. The Morgan fingerprint density at radius 3 is 2.24 bits per heavy atom. The lowest BCUT2D eigenvalue weighted by Crippen LogP contribution is -2.51. The molecule has 0 aliphatic carbocycles. The molecule has 238 valence electrons. The first-order chi connectivity index (χ1) is 22.2. The number of rotatable bonds is 15. The second-order valence-corrected chi connectivity index (χ2v) is 10.4. The standard InChI is InChI=1S/C34H35N5O7/c1-23(40)37-28-21-36-33(26-14-7-4-8-15-26)39(34(28)44)22-30(43)38-27(20-25-12-5-3-6-13-25)32(46-24(2)41)29(42)16-11-19-45-31-17-9-10-18-35-31/h3-10,12-15,17-18,21,27,32H,11,16,19-20,22H2,1-2H3,(H,37,40)(H,38,43)/t27-,32+/m0/s1. The molecule has 0 unspecified atom stereocenters. The van der Waals surface area contributed by atoms with Crippen molar-refractivity contribution in [3.8, 4) is 17.3 Å². The van der Waals surface area contributed by atoms with Gasteiger partial charge in [0.25, 0.3) is 5.56 Å². The summed E-state index contributed by atoms with van der Waals surface area (Å²) in [5.74, 6) is -1.58. The van der Waals surface area contributed by atoms with E-state index in [0.29, 0.717) is 17.9 Å². The summed E-state index contributed by atoms with van der Waals surface area (Å²) < 4.78 is 12.2. The smallest absolute Gasteiger partial charge is 0.303 e. The summed E-state index contributed by atoms with van der Waals surface area (Å²) in [7, 11) is 0. The van der Waals surface area contributed by atoms with Gasteiger partial charge in [-0.3, -0.25) is 28.5 Å². The first-order valence-corrected chi connectivity index (χ1v) is 14.7. The Hall–Kier alpha value is -5.65. The Balaban J connectivity index is 1.59. The highest BCUT2D eigenvalue weighted by molar-refractivity contribution is 5.89. The molecule has 2 amide bonds. The van der Waals surface area contributed by atoms with Crippen molar-refractivity contribution in [3.05, 3.63) is 107 Å². The third-order valence-electron chi connectivity index (χ3n) is 6.77. The molecule has 2 heterocycles. The molecule has 4 rings (SSSR count). The zero-order valence-corrected chi connectivity index (χ0v) is 25.5. The molecule has 46 heavy (non-hydrogen) atoms. The van der Waals surface area contributed by atoms with Gasteiger partial charge < -0.3 is 20.1 Å². The molecule has 2 atom stereocenters. The molecule has 2 aromatic carbocycles. The Morgan fingerprint density at radius 1 is 0.891 bits per heavy atom. The molecule has 0 aliphatic rings. The van der Waals surface area contributed by atoms with Crippen molar-refractivity contribution in [3.63, 3.8) is 0 Å². The average molecular weight is 626 g/mol. The number of benzene rings is 2. The van der Waals surface area contributed by atoms with Crippen LogP contribution in [0.3, 0.4) is 0 Å². The van der Waals surface area contributed by atoms with Crippen LogP contribution in [0.1, 0.15) is 32.3 Å². The lowest BCUT2D eigenvalue weighted by molar-refractivity contribution is -0.155. The zero-order chi connectivity index (χ0) is 32.9. The Kier molecular flexibility index (Phi) is 11.9. The molecule has 2 N–H and O–H groups in total. The lowest BCUT2D eigenvalue weighted by Gasteiger charge is -2.27. The number of carbonyl (C=O) groups excluding carboxylic acids is 4. The SMILES string of the molecule is CC(=O)Nc1cnc(-c2ccccc2)n(CC(=O)N[C@@H](Cc2ccccc2)[C@@H](OC(C)=O)C(=O)CCCOc2ccccn2)c1=O. The van der Waals surface area contributed by atoms with Gasteiger partial charge in [-0.25, -0.2) is 9.97 Å². The molecule has 0 bridgehead atoms. The van der Waals surface area contributed by atoms with Crippen LogP contribution in [-0.4, -0.2) is 56.9 Å². The molecule has 12 heteroatoms. The van der Waals surface area contributed by atoms with Crippen molar-refractivity contribution >= 4 is 29.3 Å². The van der Waals surface area contributed by atoms with Crippen molar-refractivity contribution in [1.29, 1.82) is 0 Å². The van der Waals surface area contributed by atoms with E-state index in [-0.39, 0.29) is 31.0 Å². The molecule has 12 nitrogen and oxygen atoms in total. The summed E-state index contributed by atoms with van der Waals surface area (Å²) in [4.78, 5) is 72.9. The molecule has 0 saturated carbocycles. The third-order valence-corrected chi connectivity index (χ3v) is 6.77. The van der Waals surface area contributed by atoms with Gasteiger partial charge in [-0.2, -0.15) is 0 Å². The van der Waals surface area contributed by atoms with E-state index in [2.05, 4.69) is 20.6 Å². The number of hydrogen-bond acceptors (Lipinski definition) is 9. The van der Waals surface area contributed by atoms with E-state index in [1.54, 1.807) is 54.7 Å². The monoisotopic (exact) mass is 625 g/mol. The van der Waals surface area contributed by atoms with E-state index in [0.717, 1.165) is 10.1 Å². The number of anilines is 1. The highest BCUT2D eigenvalue weighted by Crippen LogP contribution is 2.17. The molecule has 0 radical (unpaired) electrons. The summed E-state index contributed by atoms with van der Waals surface area (Å²) in [5, 5.41) is 5.28. The van der Waals surface area contributed by atoms with Crippen molar-refractivity contribution in [2.24, 2.45) is 0 Å². The molecular formula is C34H35N5O7. The quantitative estimate of drug-likeness (QED) is 0.149. The fraction of sp³-hybridized carbons (Fsp3) is 0.265. The molecule has 0 aliphatic heterocycles. The molecular weight excluding hydrogens is 590 g/mol. The van der Waals surface area contributed by atoms with Gasteiger partial charge in [0.05, 0.1) is 18.8 Å². The van der Waals surface area contributed by atoms with Gasteiger partial charge in [0.2, 0.25) is 17.7 Å². The van der Waals surface area contributed by atoms with Crippen LogP contribution in [-0.2, 0) is 36.9 Å². The number of pyridine rings is 1. The second-order valence-electron chi connectivity index (χ2n) is 10.4. The summed E-state index contributed by atoms with van der Waals surface area (Å²) in [6.45, 7) is 2.16. The van der Waals surface area contributed by atoms with Gasteiger partial charge in [0.1, 0.15) is 18.1 Å². The van der Waals surface area contributed by atoms with Gasteiger partial charge in [0.15, 0.2) is 11.9 Å².